The Morgan fingerprint density at radius 3 is 2.52 bits per heavy atom. The summed E-state index contributed by atoms with van der Waals surface area (Å²) in [5.74, 6) is 1.81. The summed E-state index contributed by atoms with van der Waals surface area (Å²) in [5.41, 5.74) is 0. The molecule has 3 heteroatoms. The van der Waals surface area contributed by atoms with Crippen LogP contribution in [0.5, 0.6) is 0 Å². The quantitative estimate of drug-likeness (QED) is 0.780. The molecule has 1 heterocycles. The van der Waals surface area contributed by atoms with E-state index in [1.165, 1.54) is 51.5 Å². The molecule has 0 radical (unpaired) electrons. The second-order valence-corrected chi connectivity index (χ2v) is 7.18. The Morgan fingerprint density at radius 2 is 1.86 bits per heavy atom. The Bertz CT molecular complexity index is 278. The summed E-state index contributed by atoms with van der Waals surface area (Å²) in [4.78, 5) is 2.63. The van der Waals surface area contributed by atoms with Crippen molar-refractivity contribution < 1.29 is 4.74 Å². The highest BCUT2D eigenvalue weighted by Gasteiger charge is 2.31. The Balaban J connectivity index is 1.88. The highest BCUT2D eigenvalue weighted by Crippen LogP contribution is 2.33. The number of nitrogens with one attached hydrogen (secondary N) is 1. The summed E-state index contributed by atoms with van der Waals surface area (Å²) in [7, 11) is 2.34. The van der Waals surface area contributed by atoms with Crippen molar-refractivity contribution in [2.45, 2.75) is 70.9 Å². The Labute approximate surface area is 131 Å². The summed E-state index contributed by atoms with van der Waals surface area (Å²) in [6.45, 7) is 8.86. The molecule has 21 heavy (non-hydrogen) atoms. The third kappa shape index (κ3) is 5.22. The topological polar surface area (TPSA) is 24.5 Å². The van der Waals surface area contributed by atoms with Crippen molar-refractivity contribution in [1.82, 2.24) is 10.2 Å². The van der Waals surface area contributed by atoms with Crippen LogP contribution in [-0.4, -0.2) is 50.3 Å². The smallest absolute Gasteiger partial charge is 0.0480 e. The van der Waals surface area contributed by atoms with Crippen molar-refractivity contribution in [3.8, 4) is 0 Å². The maximum absolute atomic E-state index is 5.51. The van der Waals surface area contributed by atoms with Crippen molar-refractivity contribution in [2.75, 3.05) is 33.4 Å². The molecule has 3 unspecified atom stereocenters. The molecule has 0 bridgehead atoms. The lowest BCUT2D eigenvalue weighted by Crippen LogP contribution is -2.48. The van der Waals surface area contributed by atoms with Crippen LogP contribution >= 0.6 is 0 Å². The van der Waals surface area contributed by atoms with Gasteiger partial charge in [0.25, 0.3) is 0 Å². The van der Waals surface area contributed by atoms with Gasteiger partial charge in [-0.2, -0.15) is 0 Å². The van der Waals surface area contributed by atoms with Crippen molar-refractivity contribution in [3.63, 3.8) is 0 Å². The monoisotopic (exact) mass is 296 g/mol. The van der Waals surface area contributed by atoms with Crippen LogP contribution in [0.15, 0.2) is 0 Å². The van der Waals surface area contributed by atoms with E-state index < -0.39 is 0 Å². The Morgan fingerprint density at radius 1 is 1.10 bits per heavy atom. The van der Waals surface area contributed by atoms with E-state index in [1.54, 1.807) is 0 Å². The first-order valence-electron chi connectivity index (χ1n) is 9.25. The number of hydrogen-bond acceptors (Lipinski definition) is 3. The molecule has 1 saturated carbocycles. The molecule has 1 saturated heterocycles. The molecule has 2 aliphatic rings. The minimum absolute atomic E-state index is 0.741. The molecule has 0 amide bonds. The van der Waals surface area contributed by atoms with Crippen LogP contribution < -0.4 is 5.32 Å². The zero-order valence-electron chi connectivity index (χ0n) is 14.4. The van der Waals surface area contributed by atoms with Gasteiger partial charge in [0.05, 0.1) is 0 Å². The number of nitrogens with zero attached hydrogens (tertiary/aromatic N) is 1. The molecule has 0 aromatic rings. The molecule has 0 aromatic heterocycles. The zero-order chi connectivity index (χ0) is 15.1. The van der Waals surface area contributed by atoms with Gasteiger partial charge in [0, 0.05) is 31.8 Å². The summed E-state index contributed by atoms with van der Waals surface area (Å²) >= 11 is 0. The predicted molar refractivity (Wildman–Crippen MR) is 89.7 cm³/mol. The summed E-state index contributed by atoms with van der Waals surface area (Å²) in [5, 5.41) is 3.75. The van der Waals surface area contributed by atoms with E-state index in [-0.39, 0.29) is 0 Å². The molecule has 0 spiro atoms. The van der Waals surface area contributed by atoms with Gasteiger partial charge >= 0.3 is 0 Å². The van der Waals surface area contributed by atoms with Gasteiger partial charge in [0.1, 0.15) is 0 Å². The fourth-order valence-electron chi connectivity index (χ4n) is 4.41. The average molecular weight is 296 g/mol. The predicted octanol–water partition coefficient (Wildman–Crippen LogP) is 3.29. The third-order valence-electron chi connectivity index (χ3n) is 5.59. The highest BCUT2D eigenvalue weighted by atomic mass is 16.5. The van der Waals surface area contributed by atoms with Crippen molar-refractivity contribution >= 4 is 0 Å². The third-order valence-corrected chi connectivity index (χ3v) is 5.59. The SMILES string of the molecule is CCCC1CCC(NCC)C(CN(C)C2CCOCC2)C1. The van der Waals surface area contributed by atoms with Gasteiger partial charge < -0.3 is 15.0 Å². The highest BCUT2D eigenvalue weighted by molar-refractivity contribution is 4.87. The lowest BCUT2D eigenvalue weighted by atomic mass is 9.76. The zero-order valence-corrected chi connectivity index (χ0v) is 14.4. The van der Waals surface area contributed by atoms with Gasteiger partial charge in [0.15, 0.2) is 0 Å². The maximum Gasteiger partial charge on any atom is 0.0480 e. The molecule has 1 aliphatic heterocycles. The van der Waals surface area contributed by atoms with Crippen LogP contribution in [0.1, 0.15) is 58.8 Å². The van der Waals surface area contributed by atoms with E-state index in [1.807, 2.05) is 0 Å². The molecule has 3 nitrogen and oxygen atoms in total. The summed E-state index contributed by atoms with van der Waals surface area (Å²) in [6.07, 6.45) is 9.45. The van der Waals surface area contributed by atoms with E-state index in [0.29, 0.717) is 0 Å². The molecule has 2 rings (SSSR count). The van der Waals surface area contributed by atoms with Crippen LogP contribution in [0.25, 0.3) is 0 Å². The summed E-state index contributed by atoms with van der Waals surface area (Å²) in [6, 6.07) is 1.48. The molecular weight excluding hydrogens is 260 g/mol. The van der Waals surface area contributed by atoms with Crippen LogP contribution in [-0.2, 0) is 4.74 Å². The molecule has 124 valence electrons. The van der Waals surface area contributed by atoms with Gasteiger partial charge in [-0.25, -0.2) is 0 Å². The minimum atomic E-state index is 0.741. The molecule has 1 aliphatic carbocycles. The van der Waals surface area contributed by atoms with Gasteiger partial charge in [-0.15, -0.1) is 0 Å². The normalized spacial score (nSPS) is 31.7. The lowest BCUT2D eigenvalue weighted by Gasteiger charge is -2.41. The van der Waals surface area contributed by atoms with Crippen molar-refractivity contribution in [3.05, 3.63) is 0 Å². The molecule has 1 N–H and O–H groups in total. The van der Waals surface area contributed by atoms with Gasteiger partial charge in [-0.3, -0.25) is 0 Å². The van der Waals surface area contributed by atoms with E-state index in [2.05, 4.69) is 31.1 Å². The van der Waals surface area contributed by atoms with Crippen LogP contribution in [0, 0.1) is 11.8 Å². The van der Waals surface area contributed by atoms with E-state index >= 15 is 0 Å². The van der Waals surface area contributed by atoms with E-state index in [0.717, 1.165) is 43.7 Å². The van der Waals surface area contributed by atoms with E-state index in [9.17, 15) is 0 Å². The number of rotatable bonds is 7. The molecule has 0 aromatic carbocycles. The number of hydrogen-bond donors (Lipinski definition) is 1. The fourth-order valence-corrected chi connectivity index (χ4v) is 4.41. The first kappa shape index (κ1) is 17.2. The second kappa shape index (κ2) is 9.12. The number of ether oxygens (including phenoxy) is 1. The lowest BCUT2D eigenvalue weighted by molar-refractivity contribution is 0.0309. The molecule has 3 atom stereocenters. The standard InChI is InChI=1S/C18H36N2O/c1-4-6-15-7-8-18(19-5-2)16(13-15)14-20(3)17-9-11-21-12-10-17/h15-19H,4-14H2,1-3H3. The van der Waals surface area contributed by atoms with E-state index in [4.69, 9.17) is 4.74 Å². The van der Waals surface area contributed by atoms with Gasteiger partial charge in [-0.1, -0.05) is 26.7 Å². The van der Waals surface area contributed by atoms with Gasteiger partial charge in [-0.05, 0) is 57.5 Å². The molecule has 2 fully saturated rings. The van der Waals surface area contributed by atoms with Crippen LogP contribution in [0.2, 0.25) is 0 Å². The van der Waals surface area contributed by atoms with Crippen LogP contribution in [0.3, 0.4) is 0 Å². The van der Waals surface area contributed by atoms with Crippen molar-refractivity contribution in [2.24, 2.45) is 11.8 Å². The van der Waals surface area contributed by atoms with Crippen LogP contribution in [0.4, 0.5) is 0 Å². The molecular formula is C18H36N2O. The second-order valence-electron chi connectivity index (χ2n) is 7.18. The maximum atomic E-state index is 5.51. The largest absolute Gasteiger partial charge is 0.381 e. The fraction of sp³-hybridized carbons (Fsp3) is 1.00. The Kier molecular flexibility index (Phi) is 7.48. The first-order valence-corrected chi connectivity index (χ1v) is 9.25. The Hall–Kier alpha value is -0.120. The van der Waals surface area contributed by atoms with Crippen molar-refractivity contribution in [1.29, 1.82) is 0 Å². The summed E-state index contributed by atoms with van der Waals surface area (Å²) < 4.78 is 5.51. The van der Waals surface area contributed by atoms with Gasteiger partial charge in [0.2, 0.25) is 0 Å². The first-order chi connectivity index (χ1) is 10.2. The average Bonchev–Trinajstić information content (AvgIpc) is 2.51. The minimum Gasteiger partial charge on any atom is -0.381 e.